The minimum absolute atomic E-state index is 0.0707. The van der Waals surface area contributed by atoms with Crippen molar-refractivity contribution < 1.29 is 4.79 Å². The molecule has 1 aromatic rings. The van der Waals surface area contributed by atoms with Gasteiger partial charge in [-0.05, 0) is 25.0 Å². The number of nitrogens with zero attached hydrogens (tertiary/aromatic N) is 1. The summed E-state index contributed by atoms with van der Waals surface area (Å²) in [5.74, 6) is 0.0949. The predicted molar refractivity (Wildman–Crippen MR) is 77.1 cm³/mol. The number of carbonyl (C=O) groups is 1. The highest BCUT2D eigenvalue weighted by molar-refractivity contribution is 5.81. The van der Waals surface area contributed by atoms with Crippen LogP contribution in [-0.2, 0) is 11.3 Å². The van der Waals surface area contributed by atoms with Crippen LogP contribution >= 0.6 is 0 Å². The first-order valence-electron chi connectivity index (χ1n) is 6.84. The fourth-order valence-corrected chi connectivity index (χ4v) is 2.55. The number of aryl methyl sites for hydroxylation is 2. The monoisotopic (exact) mass is 261 g/mol. The van der Waals surface area contributed by atoms with Crippen molar-refractivity contribution in [1.82, 2.24) is 15.5 Å². The number of hydrogen-bond donors (Lipinski definition) is 2. The number of benzene rings is 1. The molecule has 4 heteroatoms. The molecular formula is C15H23N3O. The maximum absolute atomic E-state index is 11.9. The Balaban J connectivity index is 2.15. The third kappa shape index (κ3) is 3.33. The molecule has 1 atom stereocenters. The molecular weight excluding hydrogens is 238 g/mol. The van der Waals surface area contributed by atoms with Crippen molar-refractivity contribution in [2.45, 2.75) is 26.4 Å². The van der Waals surface area contributed by atoms with E-state index in [0.717, 1.165) is 26.2 Å². The van der Waals surface area contributed by atoms with E-state index in [1.165, 1.54) is 16.7 Å². The van der Waals surface area contributed by atoms with Gasteiger partial charge >= 0.3 is 0 Å². The van der Waals surface area contributed by atoms with Gasteiger partial charge in [0.05, 0.1) is 0 Å². The molecule has 0 spiro atoms. The van der Waals surface area contributed by atoms with Crippen molar-refractivity contribution in [2.24, 2.45) is 0 Å². The summed E-state index contributed by atoms with van der Waals surface area (Å²) in [6.45, 7) is 7.66. The summed E-state index contributed by atoms with van der Waals surface area (Å²) in [6.07, 6.45) is 0. The topological polar surface area (TPSA) is 44.4 Å². The number of amides is 1. The first-order chi connectivity index (χ1) is 9.11. The Labute approximate surface area is 115 Å². The standard InChI is InChI=1S/C15H23N3O/c1-11-4-5-12(2)13(8-11)10-18-7-6-17-9-14(18)15(19)16-3/h4-5,8,14,17H,6-7,9-10H2,1-3H3,(H,16,19). The summed E-state index contributed by atoms with van der Waals surface area (Å²) >= 11 is 0. The minimum Gasteiger partial charge on any atom is -0.358 e. The zero-order valence-electron chi connectivity index (χ0n) is 12.0. The summed E-state index contributed by atoms with van der Waals surface area (Å²) in [7, 11) is 1.70. The van der Waals surface area contributed by atoms with Gasteiger partial charge in [-0.15, -0.1) is 0 Å². The fraction of sp³-hybridized carbons (Fsp3) is 0.533. The lowest BCUT2D eigenvalue weighted by Crippen LogP contribution is -2.56. The van der Waals surface area contributed by atoms with Gasteiger partial charge in [-0.1, -0.05) is 23.8 Å². The molecule has 19 heavy (non-hydrogen) atoms. The van der Waals surface area contributed by atoms with E-state index in [2.05, 4.69) is 47.6 Å². The third-order valence-electron chi connectivity index (χ3n) is 3.78. The van der Waals surface area contributed by atoms with Crippen LogP contribution in [0.5, 0.6) is 0 Å². The van der Waals surface area contributed by atoms with Crippen LogP contribution in [0.15, 0.2) is 18.2 Å². The van der Waals surface area contributed by atoms with Gasteiger partial charge in [0.2, 0.25) is 5.91 Å². The van der Waals surface area contributed by atoms with Crippen LogP contribution in [0.4, 0.5) is 0 Å². The lowest BCUT2D eigenvalue weighted by Gasteiger charge is -2.35. The van der Waals surface area contributed by atoms with Crippen molar-refractivity contribution in [2.75, 3.05) is 26.7 Å². The molecule has 0 aromatic heterocycles. The zero-order valence-corrected chi connectivity index (χ0v) is 12.0. The van der Waals surface area contributed by atoms with Crippen molar-refractivity contribution in [1.29, 1.82) is 0 Å². The van der Waals surface area contributed by atoms with Gasteiger partial charge in [0, 0.05) is 33.2 Å². The van der Waals surface area contributed by atoms with Gasteiger partial charge in [0.15, 0.2) is 0 Å². The number of hydrogen-bond acceptors (Lipinski definition) is 3. The molecule has 1 saturated heterocycles. The molecule has 0 radical (unpaired) electrons. The number of carbonyl (C=O) groups excluding carboxylic acids is 1. The molecule has 1 heterocycles. The van der Waals surface area contributed by atoms with E-state index in [4.69, 9.17) is 0 Å². The minimum atomic E-state index is -0.0707. The Morgan fingerprint density at radius 2 is 2.26 bits per heavy atom. The molecule has 0 bridgehead atoms. The largest absolute Gasteiger partial charge is 0.358 e. The molecule has 0 saturated carbocycles. The van der Waals surface area contributed by atoms with E-state index in [9.17, 15) is 4.79 Å². The molecule has 1 unspecified atom stereocenters. The molecule has 1 aliphatic heterocycles. The van der Waals surface area contributed by atoms with E-state index in [-0.39, 0.29) is 11.9 Å². The highest BCUT2D eigenvalue weighted by atomic mass is 16.2. The average molecular weight is 261 g/mol. The Morgan fingerprint density at radius 1 is 1.47 bits per heavy atom. The molecule has 1 aliphatic rings. The van der Waals surface area contributed by atoms with Crippen LogP contribution in [0, 0.1) is 13.8 Å². The molecule has 1 aromatic carbocycles. The van der Waals surface area contributed by atoms with Gasteiger partial charge in [-0.2, -0.15) is 0 Å². The van der Waals surface area contributed by atoms with Crippen LogP contribution < -0.4 is 10.6 Å². The summed E-state index contributed by atoms with van der Waals surface area (Å²) < 4.78 is 0. The van der Waals surface area contributed by atoms with Gasteiger partial charge in [0.1, 0.15) is 6.04 Å². The SMILES string of the molecule is CNC(=O)C1CNCCN1Cc1cc(C)ccc1C. The van der Waals surface area contributed by atoms with E-state index in [1.807, 2.05) is 0 Å². The second kappa shape index (κ2) is 6.17. The smallest absolute Gasteiger partial charge is 0.238 e. The number of rotatable bonds is 3. The summed E-state index contributed by atoms with van der Waals surface area (Å²) in [6, 6.07) is 6.44. The summed E-state index contributed by atoms with van der Waals surface area (Å²) in [5, 5.41) is 6.05. The van der Waals surface area contributed by atoms with Crippen LogP contribution in [0.25, 0.3) is 0 Å². The van der Waals surface area contributed by atoms with Crippen LogP contribution in [0.2, 0.25) is 0 Å². The number of piperazine rings is 1. The summed E-state index contributed by atoms with van der Waals surface area (Å²) in [5.41, 5.74) is 3.88. The highest BCUT2D eigenvalue weighted by Crippen LogP contribution is 2.16. The molecule has 1 amide bonds. The first-order valence-corrected chi connectivity index (χ1v) is 6.84. The fourth-order valence-electron chi connectivity index (χ4n) is 2.55. The van der Waals surface area contributed by atoms with Crippen LogP contribution in [-0.4, -0.2) is 43.5 Å². The number of nitrogens with one attached hydrogen (secondary N) is 2. The van der Waals surface area contributed by atoms with Gasteiger partial charge < -0.3 is 10.6 Å². The number of likely N-dealkylation sites (N-methyl/N-ethyl adjacent to an activating group) is 1. The molecule has 2 N–H and O–H groups in total. The maximum Gasteiger partial charge on any atom is 0.238 e. The predicted octanol–water partition coefficient (Wildman–Crippen LogP) is 0.823. The Bertz CT molecular complexity index is 459. The Kier molecular flexibility index (Phi) is 4.56. The van der Waals surface area contributed by atoms with Crippen molar-refractivity contribution in [3.05, 3.63) is 34.9 Å². The second-order valence-corrected chi connectivity index (χ2v) is 5.23. The van der Waals surface area contributed by atoms with E-state index in [0.29, 0.717) is 0 Å². The van der Waals surface area contributed by atoms with Gasteiger partial charge in [0.25, 0.3) is 0 Å². The van der Waals surface area contributed by atoms with Crippen LogP contribution in [0.1, 0.15) is 16.7 Å². The lowest BCUT2D eigenvalue weighted by atomic mass is 10.0. The van der Waals surface area contributed by atoms with Gasteiger partial charge in [-0.25, -0.2) is 0 Å². The zero-order chi connectivity index (χ0) is 13.8. The maximum atomic E-state index is 11.9. The quantitative estimate of drug-likeness (QED) is 0.847. The normalized spacial score (nSPS) is 20.3. The molecule has 4 nitrogen and oxygen atoms in total. The first kappa shape index (κ1) is 14.0. The van der Waals surface area contributed by atoms with E-state index >= 15 is 0 Å². The highest BCUT2D eigenvalue weighted by Gasteiger charge is 2.27. The van der Waals surface area contributed by atoms with Crippen molar-refractivity contribution in [3.63, 3.8) is 0 Å². The lowest BCUT2D eigenvalue weighted by molar-refractivity contribution is -0.126. The van der Waals surface area contributed by atoms with Crippen LogP contribution in [0.3, 0.4) is 0 Å². The summed E-state index contributed by atoms with van der Waals surface area (Å²) in [4.78, 5) is 14.2. The van der Waals surface area contributed by atoms with E-state index in [1.54, 1.807) is 7.05 Å². The van der Waals surface area contributed by atoms with Gasteiger partial charge in [-0.3, -0.25) is 9.69 Å². The average Bonchev–Trinajstić information content (AvgIpc) is 2.42. The molecule has 2 rings (SSSR count). The van der Waals surface area contributed by atoms with E-state index < -0.39 is 0 Å². The molecule has 104 valence electrons. The van der Waals surface area contributed by atoms with Crippen molar-refractivity contribution >= 4 is 5.91 Å². The second-order valence-electron chi connectivity index (χ2n) is 5.23. The van der Waals surface area contributed by atoms with Crippen molar-refractivity contribution in [3.8, 4) is 0 Å². The molecule has 0 aliphatic carbocycles. The molecule has 1 fully saturated rings. The Morgan fingerprint density at radius 3 is 3.00 bits per heavy atom. The third-order valence-corrected chi connectivity index (χ3v) is 3.78. The Hall–Kier alpha value is -1.39.